The van der Waals surface area contributed by atoms with Crippen molar-refractivity contribution >= 4 is 0 Å². The summed E-state index contributed by atoms with van der Waals surface area (Å²) in [6.45, 7) is 6.54. The lowest BCUT2D eigenvalue weighted by atomic mass is 10.1. The van der Waals surface area contributed by atoms with E-state index in [2.05, 4.69) is 17.2 Å². The Morgan fingerprint density at radius 2 is 2.10 bits per heavy atom. The second kappa shape index (κ2) is 4.32. The van der Waals surface area contributed by atoms with Crippen molar-refractivity contribution in [1.29, 1.82) is 0 Å². The van der Waals surface area contributed by atoms with Gasteiger partial charge in [0.2, 0.25) is 0 Å². The van der Waals surface area contributed by atoms with Crippen molar-refractivity contribution in [3.63, 3.8) is 0 Å². The zero-order valence-electron chi connectivity index (χ0n) is 6.86. The van der Waals surface area contributed by atoms with Crippen LogP contribution >= 0.6 is 0 Å². The zero-order chi connectivity index (χ0) is 8.04. The van der Waals surface area contributed by atoms with Gasteiger partial charge in [-0.3, -0.25) is 5.32 Å². The molecule has 0 aliphatic carbocycles. The normalized spacial score (nSPS) is 10.4. The minimum absolute atomic E-state index is 0.162. The quantitative estimate of drug-likeness (QED) is 0.557. The largest absolute Gasteiger partial charge is 0.395 e. The van der Waals surface area contributed by atoms with Crippen LogP contribution < -0.4 is 5.32 Å². The fraction of sp³-hybridized carbons (Fsp3) is 0.750. The molecule has 0 amide bonds. The Bertz CT molecular complexity index is 141. The average molecular weight is 141 g/mol. The molecule has 0 aliphatic rings. The minimum Gasteiger partial charge on any atom is -0.395 e. The summed E-state index contributed by atoms with van der Waals surface area (Å²) in [6.07, 6.45) is 0. The maximum absolute atomic E-state index is 8.49. The van der Waals surface area contributed by atoms with E-state index in [-0.39, 0.29) is 12.1 Å². The monoisotopic (exact) mass is 141 g/mol. The SMILES string of the molecule is CC#CC(C)(C)NCCO. The lowest BCUT2D eigenvalue weighted by molar-refractivity contribution is 0.280. The highest BCUT2D eigenvalue weighted by atomic mass is 16.3. The molecule has 0 fully saturated rings. The van der Waals surface area contributed by atoms with Crippen LogP contribution in [0.5, 0.6) is 0 Å². The summed E-state index contributed by atoms with van der Waals surface area (Å²) in [5.41, 5.74) is -0.169. The van der Waals surface area contributed by atoms with E-state index in [0.717, 1.165) is 0 Å². The molecule has 2 N–H and O–H groups in total. The highest BCUT2D eigenvalue weighted by Gasteiger charge is 2.10. The number of aliphatic hydroxyl groups excluding tert-OH is 1. The molecule has 0 bridgehead atoms. The van der Waals surface area contributed by atoms with Crippen molar-refractivity contribution in [1.82, 2.24) is 5.32 Å². The van der Waals surface area contributed by atoms with Crippen molar-refractivity contribution in [2.75, 3.05) is 13.2 Å². The third-order valence-corrected chi connectivity index (χ3v) is 1.12. The molecule has 0 unspecified atom stereocenters. The summed E-state index contributed by atoms with van der Waals surface area (Å²) in [5, 5.41) is 11.6. The highest BCUT2D eigenvalue weighted by Crippen LogP contribution is 1.97. The Labute approximate surface area is 62.6 Å². The van der Waals surface area contributed by atoms with Crippen molar-refractivity contribution in [2.24, 2.45) is 0 Å². The molecule has 0 atom stereocenters. The summed E-state index contributed by atoms with van der Waals surface area (Å²) < 4.78 is 0. The Hall–Kier alpha value is -0.520. The Morgan fingerprint density at radius 1 is 1.50 bits per heavy atom. The highest BCUT2D eigenvalue weighted by molar-refractivity contribution is 5.12. The first-order valence-electron chi connectivity index (χ1n) is 3.42. The van der Waals surface area contributed by atoms with Gasteiger partial charge in [0, 0.05) is 6.54 Å². The van der Waals surface area contributed by atoms with Crippen LogP contribution in [0, 0.1) is 11.8 Å². The lowest BCUT2D eigenvalue weighted by Gasteiger charge is -2.18. The summed E-state index contributed by atoms with van der Waals surface area (Å²) in [5.74, 6) is 5.81. The first kappa shape index (κ1) is 9.48. The first-order valence-corrected chi connectivity index (χ1v) is 3.42. The number of β-amino-alcohol motifs (C(OH)–C–C–N with tert-alkyl or cyclic N) is 1. The van der Waals surface area contributed by atoms with E-state index in [1.54, 1.807) is 0 Å². The maximum Gasteiger partial charge on any atom is 0.0744 e. The fourth-order valence-electron chi connectivity index (χ4n) is 0.725. The van der Waals surface area contributed by atoms with Crippen LogP contribution in [0.3, 0.4) is 0 Å². The third kappa shape index (κ3) is 4.37. The second-order valence-electron chi connectivity index (χ2n) is 2.65. The first-order chi connectivity index (χ1) is 4.62. The van der Waals surface area contributed by atoms with E-state index in [1.165, 1.54) is 0 Å². The smallest absolute Gasteiger partial charge is 0.0744 e. The van der Waals surface area contributed by atoms with Crippen LogP contribution in [0.25, 0.3) is 0 Å². The van der Waals surface area contributed by atoms with Crippen molar-refractivity contribution < 1.29 is 5.11 Å². The fourth-order valence-corrected chi connectivity index (χ4v) is 0.725. The van der Waals surface area contributed by atoms with Gasteiger partial charge in [0.15, 0.2) is 0 Å². The molecular weight excluding hydrogens is 126 g/mol. The number of nitrogens with one attached hydrogen (secondary N) is 1. The van der Waals surface area contributed by atoms with Gasteiger partial charge in [-0.2, -0.15) is 0 Å². The van der Waals surface area contributed by atoms with Crippen LogP contribution in [0.2, 0.25) is 0 Å². The molecule has 0 spiro atoms. The standard InChI is InChI=1S/C8H15NO/c1-4-5-8(2,3)9-6-7-10/h9-10H,6-7H2,1-3H3. The molecule has 0 heterocycles. The lowest BCUT2D eigenvalue weighted by Crippen LogP contribution is -2.39. The summed E-state index contributed by atoms with van der Waals surface area (Å²) in [4.78, 5) is 0. The molecule has 58 valence electrons. The minimum atomic E-state index is -0.169. The van der Waals surface area contributed by atoms with Gasteiger partial charge < -0.3 is 5.11 Å². The number of hydrogen-bond acceptors (Lipinski definition) is 2. The molecule has 2 heteroatoms. The molecule has 0 rings (SSSR count). The van der Waals surface area contributed by atoms with E-state index in [4.69, 9.17) is 5.11 Å². The van der Waals surface area contributed by atoms with Crippen LogP contribution in [0.4, 0.5) is 0 Å². The van der Waals surface area contributed by atoms with Crippen LogP contribution in [0.1, 0.15) is 20.8 Å². The van der Waals surface area contributed by atoms with E-state index >= 15 is 0 Å². The van der Waals surface area contributed by atoms with E-state index in [1.807, 2.05) is 20.8 Å². The number of hydrogen-bond donors (Lipinski definition) is 2. The number of rotatable bonds is 3. The van der Waals surface area contributed by atoms with Gasteiger partial charge in [-0.15, -0.1) is 5.92 Å². The van der Waals surface area contributed by atoms with E-state index < -0.39 is 0 Å². The summed E-state index contributed by atoms with van der Waals surface area (Å²) in [7, 11) is 0. The van der Waals surface area contributed by atoms with Gasteiger partial charge in [-0.1, -0.05) is 5.92 Å². The molecule has 0 aromatic carbocycles. The summed E-state index contributed by atoms with van der Waals surface area (Å²) >= 11 is 0. The molecule has 0 radical (unpaired) electrons. The van der Waals surface area contributed by atoms with E-state index in [9.17, 15) is 0 Å². The molecular formula is C8H15NO. The van der Waals surface area contributed by atoms with Crippen LogP contribution in [0.15, 0.2) is 0 Å². The molecule has 0 aromatic heterocycles. The van der Waals surface area contributed by atoms with Crippen molar-refractivity contribution in [3.05, 3.63) is 0 Å². The second-order valence-corrected chi connectivity index (χ2v) is 2.65. The van der Waals surface area contributed by atoms with Gasteiger partial charge in [0.25, 0.3) is 0 Å². The van der Waals surface area contributed by atoms with Crippen LogP contribution in [-0.2, 0) is 0 Å². The van der Waals surface area contributed by atoms with Gasteiger partial charge >= 0.3 is 0 Å². The molecule has 2 nitrogen and oxygen atoms in total. The van der Waals surface area contributed by atoms with Crippen LogP contribution in [-0.4, -0.2) is 23.8 Å². The molecule has 0 saturated heterocycles. The predicted octanol–water partition coefficient (Wildman–Crippen LogP) is 0.370. The Kier molecular flexibility index (Phi) is 4.10. The zero-order valence-corrected chi connectivity index (χ0v) is 6.86. The Morgan fingerprint density at radius 3 is 2.50 bits per heavy atom. The van der Waals surface area contributed by atoms with Crippen molar-refractivity contribution in [2.45, 2.75) is 26.3 Å². The van der Waals surface area contributed by atoms with Gasteiger partial charge in [-0.05, 0) is 20.8 Å². The summed E-state index contributed by atoms with van der Waals surface area (Å²) in [6, 6.07) is 0. The Balaban J connectivity index is 3.71. The van der Waals surface area contributed by atoms with Gasteiger partial charge in [0.1, 0.15) is 0 Å². The molecule has 0 aromatic rings. The maximum atomic E-state index is 8.49. The van der Waals surface area contributed by atoms with Crippen molar-refractivity contribution in [3.8, 4) is 11.8 Å². The topological polar surface area (TPSA) is 32.3 Å². The average Bonchev–Trinajstić information content (AvgIpc) is 1.84. The predicted molar refractivity (Wildman–Crippen MR) is 42.6 cm³/mol. The van der Waals surface area contributed by atoms with Gasteiger partial charge in [-0.25, -0.2) is 0 Å². The molecule has 10 heavy (non-hydrogen) atoms. The third-order valence-electron chi connectivity index (χ3n) is 1.12. The molecule has 0 saturated carbocycles. The van der Waals surface area contributed by atoms with Gasteiger partial charge in [0.05, 0.1) is 12.1 Å². The van der Waals surface area contributed by atoms with E-state index in [0.29, 0.717) is 6.54 Å². The number of aliphatic hydroxyl groups is 1. The molecule has 0 aliphatic heterocycles.